The fourth-order valence-corrected chi connectivity index (χ4v) is 1.55. The molecule has 0 spiro atoms. The van der Waals surface area contributed by atoms with E-state index in [4.69, 9.17) is 0 Å². The smallest absolute Gasteiger partial charge is 0.169 e. The van der Waals surface area contributed by atoms with Gasteiger partial charge in [0.25, 0.3) is 0 Å². The van der Waals surface area contributed by atoms with Crippen molar-refractivity contribution < 1.29 is 9.59 Å². The monoisotopic (exact) mass is 192 g/mol. The zero-order chi connectivity index (χ0) is 9.68. The number of carbonyl (C=O) groups is 2. The highest BCUT2D eigenvalue weighted by atomic mass is 32.1. The van der Waals surface area contributed by atoms with Gasteiger partial charge in [-0.2, -0.15) is 0 Å². The van der Waals surface area contributed by atoms with Gasteiger partial charge in [-0.1, -0.05) is 11.8 Å². The maximum absolute atomic E-state index is 10.9. The molecule has 0 aliphatic heterocycles. The average molecular weight is 192 g/mol. The first-order valence-electron chi connectivity index (χ1n) is 3.77. The predicted molar refractivity (Wildman–Crippen MR) is 51.9 cm³/mol. The van der Waals surface area contributed by atoms with Crippen LogP contribution in [0, 0.1) is 11.8 Å². The summed E-state index contributed by atoms with van der Waals surface area (Å²) in [5, 5.41) is 0. The van der Waals surface area contributed by atoms with E-state index in [0.717, 1.165) is 11.2 Å². The summed E-state index contributed by atoms with van der Waals surface area (Å²) in [6, 6.07) is 3.54. The molecule has 0 aliphatic carbocycles. The van der Waals surface area contributed by atoms with Gasteiger partial charge >= 0.3 is 0 Å². The van der Waals surface area contributed by atoms with Crippen molar-refractivity contribution >= 4 is 23.4 Å². The van der Waals surface area contributed by atoms with E-state index < -0.39 is 0 Å². The fraction of sp³-hybridized carbons (Fsp3) is 0.200. The van der Waals surface area contributed by atoms with Crippen LogP contribution in [0.1, 0.15) is 27.9 Å². The Bertz CT molecular complexity index is 379. The van der Waals surface area contributed by atoms with Crippen LogP contribution in [0.4, 0.5) is 0 Å². The zero-order valence-electron chi connectivity index (χ0n) is 7.16. The van der Waals surface area contributed by atoms with Crippen LogP contribution in [0.2, 0.25) is 0 Å². The zero-order valence-corrected chi connectivity index (χ0v) is 7.98. The van der Waals surface area contributed by atoms with E-state index in [1.54, 1.807) is 12.1 Å². The molecule has 0 saturated heterocycles. The van der Waals surface area contributed by atoms with Crippen LogP contribution in [0.5, 0.6) is 0 Å². The molecule has 13 heavy (non-hydrogen) atoms. The van der Waals surface area contributed by atoms with Crippen LogP contribution in [-0.4, -0.2) is 12.1 Å². The van der Waals surface area contributed by atoms with Crippen LogP contribution in [0.15, 0.2) is 12.1 Å². The Balaban J connectivity index is 2.76. The first-order valence-corrected chi connectivity index (χ1v) is 4.59. The molecular formula is C10H8O2S. The van der Waals surface area contributed by atoms with Gasteiger partial charge in [0.1, 0.15) is 6.29 Å². The fourth-order valence-electron chi connectivity index (χ4n) is 0.774. The van der Waals surface area contributed by atoms with Crippen molar-refractivity contribution in [2.75, 3.05) is 0 Å². The van der Waals surface area contributed by atoms with Gasteiger partial charge in [0.2, 0.25) is 0 Å². The largest absolute Gasteiger partial charge is 0.302 e. The standard InChI is InChI=1S/C10H8O2S/c1-8(12)10-6-5-9(13-10)4-2-3-7-11/h5-7H,3H2,1H3. The molecular weight excluding hydrogens is 184 g/mol. The van der Waals surface area contributed by atoms with E-state index in [1.165, 1.54) is 18.3 Å². The van der Waals surface area contributed by atoms with E-state index in [-0.39, 0.29) is 12.2 Å². The number of rotatable bonds is 2. The molecule has 1 aromatic rings. The maximum atomic E-state index is 10.9. The molecule has 66 valence electrons. The highest BCUT2D eigenvalue weighted by molar-refractivity contribution is 7.14. The van der Waals surface area contributed by atoms with Crippen molar-refractivity contribution in [1.82, 2.24) is 0 Å². The summed E-state index contributed by atoms with van der Waals surface area (Å²) in [5.41, 5.74) is 0. The van der Waals surface area contributed by atoms with Crippen molar-refractivity contribution in [1.29, 1.82) is 0 Å². The Morgan fingerprint density at radius 3 is 2.92 bits per heavy atom. The minimum Gasteiger partial charge on any atom is -0.302 e. The number of ketones is 1. The van der Waals surface area contributed by atoms with E-state index in [1.807, 2.05) is 0 Å². The highest BCUT2D eigenvalue weighted by Crippen LogP contribution is 2.15. The quantitative estimate of drug-likeness (QED) is 0.407. The molecule has 1 heterocycles. The molecule has 0 radical (unpaired) electrons. The lowest BCUT2D eigenvalue weighted by Crippen LogP contribution is -1.83. The molecule has 0 bridgehead atoms. The summed E-state index contributed by atoms with van der Waals surface area (Å²) in [6.07, 6.45) is 1.000. The molecule has 2 nitrogen and oxygen atoms in total. The third kappa shape index (κ3) is 2.85. The SMILES string of the molecule is CC(=O)c1ccc(C#CCC=O)s1. The first-order chi connectivity index (χ1) is 6.24. The second kappa shape index (κ2) is 4.58. The van der Waals surface area contributed by atoms with Crippen molar-refractivity contribution in [3.63, 3.8) is 0 Å². The molecule has 0 aromatic carbocycles. The lowest BCUT2D eigenvalue weighted by Gasteiger charge is -1.81. The summed E-state index contributed by atoms with van der Waals surface area (Å²) >= 11 is 1.35. The molecule has 3 heteroatoms. The third-order valence-electron chi connectivity index (χ3n) is 1.35. The molecule has 0 N–H and O–H groups in total. The van der Waals surface area contributed by atoms with Gasteiger partial charge < -0.3 is 4.79 Å². The predicted octanol–water partition coefficient (Wildman–Crippen LogP) is 1.89. The van der Waals surface area contributed by atoms with Gasteiger partial charge in [-0.05, 0) is 19.1 Å². The van der Waals surface area contributed by atoms with Gasteiger partial charge in [-0.3, -0.25) is 4.79 Å². The normalized spacial score (nSPS) is 8.69. The van der Waals surface area contributed by atoms with E-state index in [9.17, 15) is 9.59 Å². The summed E-state index contributed by atoms with van der Waals surface area (Å²) < 4.78 is 0. The molecule has 0 saturated carbocycles. The number of carbonyl (C=O) groups excluding carboxylic acids is 2. The topological polar surface area (TPSA) is 34.1 Å². The van der Waals surface area contributed by atoms with E-state index in [2.05, 4.69) is 11.8 Å². The molecule has 0 unspecified atom stereocenters. The lowest BCUT2D eigenvalue weighted by atomic mass is 10.3. The first kappa shape index (κ1) is 9.69. The minimum absolute atomic E-state index is 0.0495. The maximum Gasteiger partial charge on any atom is 0.169 e. The molecule has 0 atom stereocenters. The van der Waals surface area contributed by atoms with Gasteiger partial charge in [-0.15, -0.1) is 11.3 Å². The summed E-state index contributed by atoms with van der Waals surface area (Å²) in [7, 11) is 0. The van der Waals surface area contributed by atoms with Gasteiger partial charge in [-0.25, -0.2) is 0 Å². The Kier molecular flexibility index (Phi) is 3.41. The lowest BCUT2D eigenvalue weighted by molar-refractivity contribution is -0.107. The Morgan fingerprint density at radius 1 is 1.62 bits per heavy atom. The van der Waals surface area contributed by atoms with Crippen molar-refractivity contribution in [3.8, 4) is 11.8 Å². The molecule has 0 fully saturated rings. The second-order valence-corrected chi connectivity index (χ2v) is 3.48. The highest BCUT2D eigenvalue weighted by Gasteiger charge is 2.01. The average Bonchev–Trinajstić information content (AvgIpc) is 2.53. The number of thiophene rings is 1. The molecule has 0 aliphatic rings. The van der Waals surface area contributed by atoms with Gasteiger partial charge in [0.05, 0.1) is 16.2 Å². The van der Waals surface area contributed by atoms with Gasteiger partial charge in [0.15, 0.2) is 5.78 Å². The minimum atomic E-state index is 0.0495. The van der Waals surface area contributed by atoms with Crippen molar-refractivity contribution in [2.45, 2.75) is 13.3 Å². The summed E-state index contributed by atoms with van der Waals surface area (Å²) in [4.78, 5) is 22.4. The molecule has 1 rings (SSSR count). The number of hydrogen-bond acceptors (Lipinski definition) is 3. The van der Waals surface area contributed by atoms with Crippen LogP contribution < -0.4 is 0 Å². The van der Waals surface area contributed by atoms with Crippen molar-refractivity contribution in [2.24, 2.45) is 0 Å². The van der Waals surface area contributed by atoms with E-state index in [0.29, 0.717) is 4.88 Å². The number of Topliss-reactive ketones (excluding diaryl/α,β-unsaturated/α-hetero) is 1. The molecule has 0 amide bonds. The van der Waals surface area contributed by atoms with Crippen LogP contribution in [-0.2, 0) is 4.79 Å². The summed E-state index contributed by atoms with van der Waals surface area (Å²) in [5.74, 6) is 5.54. The number of hydrogen-bond donors (Lipinski definition) is 0. The Hall–Kier alpha value is -1.40. The summed E-state index contributed by atoms with van der Waals surface area (Å²) in [6.45, 7) is 1.52. The third-order valence-corrected chi connectivity index (χ3v) is 2.45. The Labute approximate surface area is 80.6 Å². The van der Waals surface area contributed by atoms with Crippen LogP contribution in [0.3, 0.4) is 0 Å². The molecule has 1 aromatic heterocycles. The van der Waals surface area contributed by atoms with Crippen LogP contribution in [0.25, 0.3) is 0 Å². The van der Waals surface area contributed by atoms with Crippen LogP contribution >= 0.6 is 11.3 Å². The Morgan fingerprint density at radius 2 is 2.38 bits per heavy atom. The second-order valence-electron chi connectivity index (χ2n) is 2.39. The van der Waals surface area contributed by atoms with Gasteiger partial charge in [0, 0.05) is 0 Å². The number of aldehydes is 1. The van der Waals surface area contributed by atoms with E-state index >= 15 is 0 Å². The van der Waals surface area contributed by atoms with Crippen molar-refractivity contribution in [3.05, 3.63) is 21.9 Å².